The fourth-order valence-corrected chi connectivity index (χ4v) is 4.43. The average Bonchev–Trinajstić information content (AvgIpc) is 2.94. The number of para-hydroxylation sites is 1. The van der Waals surface area contributed by atoms with Crippen LogP contribution < -0.4 is 5.73 Å². The van der Waals surface area contributed by atoms with Gasteiger partial charge >= 0.3 is 0 Å². The van der Waals surface area contributed by atoms with Gasteiger partial charge in [0.15, 0.2) is 5.69 Å². The van der Waals surface area contributed by atoms with Gasteiger partial charge in [0.2, 0.25) is 0 Å². The highest BCUT2D eigenvalue weighted by Gasteiger charge is 2.40. The van der Waals surface area contributed by atoms with Crippen LogP contribution in [0.25, 0.3) is 10.9 Å². The van der Waals surface area contributed by atoms with Crippen molar-refractivity contribution in [3.05, 3.63) is 30.0 Å². The van der Waals surface area contributed by atoms with Crippen LogP contribution in [0.2, 0.25) is 0 Å². The van der Waals surface area contributed by atoms with Gasteiger partial charge in [-0.25, -0.2) is 0 Å². The maximum Gasteiger partial charge on any atom is 0.269 e. The van der Waals surface area contributed by atoms with E-state index in [1.807, 2.05) is 28.9 Å². The second-order valence-corrected chi connectivity index (χ2v) is 7.74. The van der Waals surface area contributed by atoms with Gasteiger partial charge in [-0.05, 0) is 24.8 Å². The molecule has 2 aliphatic rings. The molecule has 1 aromatic carbocycles. The van der Waals surface area contributed by atoms with Crippen LogP contribution in [0.4, 0.5) is 0 Å². The first-order chi connectivity index (χ1) is 12.0. The minimum Gasteiger partial charge on any atom is -0.378 e. The number of carbonyl (C=O) groups excluding carboxylic acids is 1. The molecule has 0 aliphatic carbocycles. The highest BCUT2D eigenvalue weighted by atomic mass is 16.5. The zero-order valence-electron chi connectivity index (χ0n) is 14.9. The number of piperidine rings is 1. The number of aromatic nitrogens is 2. The van der Waals surface area contributed by atoms with E-state index in [1.54, 1.807) is 0 Å². The second kappa shape index (κ2) is 6.42. The average molecular weight is 342 g/mol. The number of morpholine rings is 1. The standard InChI is InChI=1S/C19H26N4O2/c1-12(2)9-22-14-7-13(8-15(22)11-25-10-14)23-17-6-4-3-5-16(17)18(21-23)19(20)24/h3-6,12-15H,7-11H2,1-2H3,(H2,20,24). The highest BCUT2D eigenvalue weighted by Crippen LogP contribution is 2.36. The van der Waals surface area contributed by atoms with E-state index >= 15 is 0 Å². The molecule has 2 aliphatic heterocycles. The van der Waals surface area contributed by atoms with E-state index in [9.17, 15) is 4.79 Å². The maximum absolute atomic E-state index is 11.8. The number of benzene rings is 1. The van der Waals surface area contributed by atoms with Crippen molar-refractivity contribution < 1.29 is 9.53 Å². The van der Waals surface area contributed by atoms with Gasteiger partial charge in [0.05, 0.1) is 24.8 Å². The van der Waals surface area contributed by atoms with E-state index < -0.39 is 5.91 Å². The summed E-state index contributed by atoms with van der Waals surface area (Å²) < 4.78 is 7.85. The Labute approximate surface area is 147 Å². The van der Waals surface area contributed by atoms with Crippen LogP contribution in [0.5, 0.6) is 0 Å². The van der Waals surface area contributed by atoms with Gasteiger partial charge in [-0.1, -0.05) is 32.0 Å². The van der Waals surface area contributed by atoms with Crippen molar-refractivity contribution in [3.63, 3.8) is 0 Å². The van der Waals surface area contributed by atoms with Crippen LogP contribution in [-0.2, 0) is 4.74 Å². The number of amides is 1. The third-order valence-corrected chi connectivity index (χ3v) is 5.42. The van der Waals surface area contributed by atoms with Crippen molar-refractivity contribution in [1.29, 1.82) is 0 Å². The molecule has 2 unspecified atom stereocenters. The SMILES string of the molecule is CC(C)CN1C2COCC1CC(n1nc(C(N)=O)c3ccccc31)C2. The third-order valence-electron chi connectivity index (χ3n) is 5.42. The predicted octanol–water partition coefficient (Wildman–Crippen LogP) is 2.20. The molecule has 0 spiro atoms. The molecule has 2 fully saturated rings. The Kier molecular flexibility index (Phi) is 4.25. The number of ether oxygens (including phenoxy) is 1. The van der Waals surface area contributed by atoms with E-state index in [2.05, 4.69) is 23.8 Å². The Morgan fingerprint density at radius 3 is 2.56 bits per heavy atom. The summed E-state index contributed by atoms with van der Waals surface area (Å²) >= 11 is 0. The summed E-state index contributed by atoms with van der Waals surface area (Å²) in [6.07, 6.45) is 1.99. The van der Waals surface area contributed by atoms with Gasteiger partial charge in [-0.2, -0.15) is 5.10 Å². The molecule has 2 aromatic rings. The molecule has 2 bridgehead atoms. The predicted molar refractivity (Wildman–Crippen MR) is 96.5 cm³/mol. The molecular formula is C19H26N4O2. The van der Waals surface area contributed by atoms with Crippen LogP contribution in [0, 0.1) is 5.92 Å². The van der Waals surface area contributed by atoms with Gasteiger partial charge < -0.3 is 10.5 Å². The zero-order chi connectivity index (χ0) is 17.6. The van der Waals surface area contributed by atoms with Gasteiger partial charge in [-0.3, -0.25) is 14.4 Å². The van der Waals surface area contributed by atoms with Crippen molar-refractivity contribution in [2.24, 2.45) is 11.7 Å². The fourth-order valence-electron chi connectivity index (χ4n) is 4.43. The largest absolute Gasteiger partial charge is 0.378 e. The van der Waals surface area contributed by atoms with E-state index in [0.717, 1.165) is 43.5 Å². The molecule has 1 amide bonds. The Hall–Kier alpha value is -1.92. The van der Waals surface area contributed by atoms with Crippen LogP contribution in [0.1, 0.15) is 43.2 Å². The van der Waals surface area contributed by atoms with Crippen molar-refractivity contribution in [2.75, 3.05) is 19.8 Å². The summed E-state index contributed by atoms with van der Waals surface area (Å²) in [5.74, 6) is 0.183. The first-order valence-corrected chi connectivity index (χ1v) is 9.15. The molecule has 2 saturated heterocycles. The number of carbonyl (C=O) groups is 1. The minimum absolute atomic E-state index is 0.278. The quantitative estimate of drug-likeness (QED) is 0.924. The Balaban J connectivity index is 1.68. The van der Waals surface area contributed by atoms with Crippen LogP contribution in [-0.4, -0.2) is 52.4 Å². The van der Waals surface area contributed by atoms with Crippen LogP contribution >= 0.6 is 0 Å². The topological polar surface area (TPSA) is 73.4 Å². The molecule has 4 rings (SSSR count). The monoisotopic (exact) mass is 342 g/mol. The number of nitrogens with zero attached hydrogens (tertiary/aromatic N) is 3. The summed E-state index contributed by atoms with van der Waals surface area (Å²) in [6, 6.07) is 8.98. The molecule has 6 heteroatoms. The van der Waals surface area contributed by atoms with E-state index in [1.165, 1.54) is 0 Å². The van der Waals surface area contributed by atoms with Gasteiger partial charge in [-0.15, -0.1) is 0 Å². The third kappa shape index (κ3) is 2.93. The van der Waals surface area contributed by atoms with Crippen molar-refractivity contribution in [1.82, 2.24) is 14.7 Å². The molecule has 0 radical (unpaired) electrons. The van der Waals surface area contributed by atoms with Crippen molar-refractivity contribution in [2.45, 2.75) is 44.8 Å². The molecule has 2 atom stereocenters. The van der Waals surface area contributed by atoms with Crippen LogP contribution in [0.15, 0.2) is 24.3 Å². The molecule has 6 nitrogen and oxygen atoms in total. The Morgan fingerprint density at radius 1 is 1.24 bits per heavy atom. The number of hydrogen-bond acceptors (Lipinski definition) is 4. The minimum atomic E-state index is -0.462. The molecular weight excluding hydrogens is 316 g/mol. The number of rotatable bonds is 4. The normalized spacial score (nSPS) is 27.1. The number of primary amides is 1. The van der Waals surface area contributed by atoms with Gasteiger partial charge in [0, 0.05) is 24.0 Å². The first-order valence-electron chi connectivity index (χ1n) is 9.15. The molecule has 2 N–H and O–H groups in total. The first kappa shape index (κ1) is 16.5. The summed E-state index contributed by atoms with van der Waals surface area (Å²) in [5, 5.41) is 5.46. The lowest BCUT2D eigenvalue weighted by Crippen LogP contribution is -2.57. The fraction of sp³-hybridized carbons (Fsp3) is 0.579. The number of fused-ring (bicyclic) bond motifs is 3. The van der Waals surface area contributed by atoms with E-state index in [4.69, 9.17) is 10.5 Å². The summed E-state index contributed by atoms with van der Waals surface area (Å²) in [4.78, 5) is 14.4. The van der Waals surface area contributed by atoms with E-state index in [0.29, 0.717) is 23.7 Å². The molecule has 3 heterocycles. The van der Waals surface area contributed by atoms with Crippen molar-refractivity contribution >= 4 is 16.8 Å². The van der Waals surface area contributed by atoms with Crippen molar-refractivity contribution in [3.8, 4) is 0 Å². The summed E-state index contributed by atoms with van der Waals surface area (Å²) in [7, 11) is 0. The van der Waals surface area contributed by atoms with Gasteiger partial charge in [0.1, 0.15) is 0 Å². The van der Waals surface area contributed by atoms with Crippen LogP contribution in [0.3, 0.4) is 0 Å². The zero-order valence-corrected chi connectivity index (χ0v) is 14.9. The second-order valence-electron chi connectivity index (χ2n) is 7.74. The summed E-state index contributed by atoms with van der Waals surface area (Å²) in [5.41, 5.74) is 6.92. The highest BCUT2D eigenvalue weighted by molar-refractivity contribution is 6.04. The lowest BCUT2D eigenvalue weighted by molar-refractivity contribution is -0.0898. The maximum atomic E-state index is 11.8. The Morgan fingerprint density at radius 2 is 1.92 bits per heavy atom. The Bertz CT molecular complexity index is 771. The molecule has 0 saturated carbocycles. The molecule has 25 heavy (non-hydrogen) atoms. The summed E-state index contributed by atoms with van der Waals surface area (Å²) in [6.45, 7) is 7.20. The number of nitrogens with two attached hydrogens (primary N) is 1. The molecule has 1 aromatic heterocycles. The molecule has 134 valence electrons. The van der Waals surface area contributed by atoms with E-state index in [-0.39, 0.29) is 6.04 Å². The lowest BCUT2D eigenvalue weighted by Gasteiger charge is -2.49. The smallest absolute Gasteiger partial charge is 0.269 e. The lowest BCUT2D eigenvalue weighted by atomic mass is 9.89. The van der Waals surface area contributed by atoms with Gasteiger partial charge in [0.25, 0.3) is 5.91 Å². The number of hydrogen-bond donors (Lipinski definition) is 1.